The number of hydrogen-bond acceptors (Lipinski definition) is 4. The van der Waals surface area contributed by atoms with Crippen LogP contribution in [-0.4, -0.2) is 57.7 Å². The first kappa shape index (κ1) is 23.2. The van der Waals surface area contributed by atoms with Gasteiger partial charge in [-0.1, -0.05) is 19.1 Å². The number of aliphatic imine (C=N–C) groups is 1. The highest BCUT2D eigenvalue weighted by Gasteiger charge is 2.13. The summed E-state index contributed by atoms with van der Waals surface area (Å²) in [6.07, 6.45) is 1.95. The predicted molar refractivity (Wildman–Crippen MR) is 112 cm³/mol. The van der Waals surface area contributed by atoms with Crippen molar-refractivity contribution in [3.63, 3.8) is 0 Å². The van der Waals surface area contributed by atoms with E-state index in [0.717, 1.165) is 23.4 Å². The Labute approximate surface area is 164 Å². The minimum atomic E-state index is -3.14. The number of ether oxygens (including phenoxy) is 1. The van der Waals surface area contributed by atoms with Crippen LogP contribution in [-0.2, 0) is 16.6 Å². The van der Waals surface area contributed by atoms with Gasteiger partial charge >= 0.3 is 0 Å². The average Bonchev–Trinajstić information content (AvgIpc) is 2.60. The number of rotatable bonds is 11. The number of nitrogens with one attached hydrogen (secondary N) is 2. The standard InChI is InChI=1S/C19H34N4O3S/c1-6-20-19(21-12-9-13-23(7-2)27(5,24)25)22-15-17-11-10-16(4)14-18(17)26-8-3/h10-11,14H,6-9,12-13,15H2,1-5H3,(H2,20,21,22). The van der Waals surface area contributed by atoms with E-state index in [-0.39, 0.29) is 0 Å². The maximum atomic E-state index is 11.6. The lowest BCUT2D eigenvalue weighted by molar-refractivity contribution is 0.336. The van der Waals surface area contributed by atoms with Gasteiger partial charge < -0.3 is 15.4 Å². The van der Waals surface area contributed by atoms with Gasteiger partial charge in [-0.3, -0.25) is 0 Å². The molecule has 0 unspecified atom stereocenters. The normalized spacial score (nSPS) is 12.3. The highest BCUT2D eigenvalue weighted by molar-refractivity contribution is 7.88. The summed E-state index contributed by atoms with van der Waals surface area (Å²) in [6, 6.07) is 6.12. The fourth-order valence-corrected chi connectivity index (χ4v) is 3.54. The highest BCUT2D eigenvalue weighted by atomic mass is 32.2. The summed E-state index contributed by atoms with van der Waals surface area (Å²) in [5, 5.41) is 6.48. The number of sulfonamides is 1. The lowest BCUT2D eigenvalue weighted by Gasteiger charge is -2.18. The molecule has 0 bridgehead atoms. The van der Waals surface area contributed by atoms with Crippen molar-refractivity contribution in [2.75, 3.05) is 39.0 Å². The van der Waals surface area contributed by atoms with E-state index in [9.17, 15) is 8.42 Å². The first-order valence-electron chi connectivity index (χ1n) is 9.51. The summed E-state index contributed by atoms with van der Waals surface area (Å²) in [6.45, 7) is 11.4. The molecule has 2 N–H and O–H groups in total. The van der Waals surface area contributed by atoms with Crippen LogP contribution in [0.3, 0.4) is 0 Å². The van der Waals surface area contributed by atoms with Crippen LogP contribution in [0.5, 0.6) is 5.75 Å². The van der Waals surface area contributed by atoms with Crippen LogP contribution in [0.2, 0.25) is 0 Å². The number of nitrogens with zero attached hydrogens (tertiary/aromatic N) is 2. The van der Waals surface area contributed by atoms with Crippen molar-refractivity contribution in [3.8, 4) is 5.75 Å². The van der Waals surface area contributed by atoms with Gasteiger partial charge in [0.25, 0.3) is 0 Å². The summed E-state index contributed by atoms with van der Waals surface area (Å²) in [4.78, 5) is 4.62. The minimum Gasteiger partial charge on any atom is -0.494 e. The SMILES string of the molecule is CCNC(=NCc1ccc(C)cc1OCC)NCCCN(CC)S(C)(=O)=O. The molecule has 0 aliphatic rings. The summed E-state index contributed by atoms with van der Waals surface area (Å²) in [5.74, 6) is 1.58. The van der Waals surface area contributed by atoms with E-state index in [1.54, 1.807) is 0 Å². The molecule has 0 atom stereocenters. The van der Waals surface area contributed by atoms with Gasteiger partial charge in [0.05, 0.1) is 19.4 Å². The first-order chi connectivity index (χ1) is 12.8. The van der Waals surface area contributed by atoms with Crippen LogP contribution >= 0.6 is 0 Å². The molecule has 0 fully saturated rings. The molecule has 1 rings (SSSR count). The van der Waals surface area contributed by atoms with E-state index in [2.05, 4.69) is 21.7 Å². The molecule has 0 saturated carbocycles. The van der Waals surface area contributed by atoms with Crippen molar-refractivity contribution in [2.24, 2.45) is 4.99 Å². The molecule has 0 aliphatic heterocycles. The second-order valence-corrected chi connectivity index (χ2v) is 8.26. The predicted octanol–water partition coefficient (Wildman–Crippen LogP) is 2.12. The number of guanidine groups is 1. The van der Waals surface area contributed by atoms with Crippen molar-refractivity contribution in [2.45, 2.75) is 40.7 Å². The molecule has 0 saturated heterocycles. The lowest BCUT2D eigenvalue weighted by Crippen LogP contribution is -2.39. The quantitative estimate of drug-likeness (QED) is 0.339. The van der Waals surface area contributed by atoms with Gasteiger partial charge in [0.1, 0.15) is 5.75 Å². The van der Waals surface area contributed by atoms with E-state index in [0.29, 0.717) is 45.2 Å². The second-order valence-electron chi connectivity index (χ2n) is 6.27. The molecule has 27 heavy (non-hydrogen) atoms. The Morgan fingerprint density at radius 2 is 1.96 bits per heavy atom. The molecule has 0 aliphatic carbocycles. The lowest BCUT2D eigenvalue weighted by atomic mass is 10.1. The third kappa shape index (κ3) is 8.62. The zero-order chi connectivity index (χ0) is 20.3. The van der Waals surface area contributed by atoms with Crippen LogP contribution in [0.1, 0.15) is 38.3 Å². The van der Waals surface area contributed by atoms with Crippen LogP contribution in [0, 0.1) is 6.92 Å². The van der Waals surface area contributed by atoms with Crippen molar-refractivity contribution in [3.05, 3.63) is 29.3 Å². The Morgan fingerprint density at radius 3 is 2.56 bits per heavy atom. The van der Waals surface area contributed by atoms with E-state index >= 15 is 0 Å². The smallest absolute Gasteiger partial charge is 0.211 e. The molecule has 0 amide bonds. The van der Waals surface area contributed by atoms with Crippen molar-refractivity contribution < 1.29 is 13.2 Å². The van der Waals surface area contributed by atoms with Crippen molar-refractivity contribution in [1.29, 1.82) is 0 Å². The minimum absolute atomic E-state index is 0.487. The largest absolute Gasteiger partial charge is 0.494 e. The van der Waals surface area contributed by atoms with Crippen molar-refractivity contribution >= 4 is 16.0 Å². The third-order valence-corrected chi connectivity index (χ3v) is 5.35. The molecule has 1 aromatic rings. The summed E-state index contributed by atoms with van der Waals surface area (Å²) >= 11 is 0. The summed E-state index contributed by atoms with van der Waals surface area (Å²) in [5.41, 5.74) is 2.19. The Morgan fingerprint density at radius 1 is 1.22 bits per heavy atom. The molecule has 154 valence electrons. The van der Waals surface area contributed by atoms with Gasteiger partial charge in [0.2, 0.25) is 10.0 Å². The molecule has 1 aromatic carbocycles. The van der Waals surface area contributed by atoms with Gasteiger partial charge in [-0.15, -0.1) is 0 Å². The topological polar surface area (TPSA) is 83.0 Å². The van der Waals surface area contributed by atoms with Crippen LogP contribution in [0.15, 0.2) is 23.2 Å². The van der Waals surface area contributed by atoms with E-state index in [4.69, 9.17) is 4.74 Å². The van der Waals surface area contributed by atoms with Crippen LogP contribution < -0.4 is 15.4 Å². The van der Waals surface area contributed by atoms with E-state index < -0.39 is 10.0 Å². The maximum absolute atomic E-state index is 11.6. The average molecular weight is 399 g/mol. The second kappa shape index (κ2) is 11.8. The van der Waals surface area contributed by atoms with E-state index in [1.165, 1.54) is 10.6 Å². The third-order valence-electron chi connectivity index (χ3n) is 3.97. The zero-order valence-electron chi connectivity index (χ0n) is 17.2. The van der Waals surface area contributed by atoms with E-state index in [1.807, 2.05) is 39.8 Å². The van der Waals surface area contributed by atoms with Gasteiger partial charge in [0, 0.05) is 31.7 Å². The fraction of sp³-hybridized carbons (Fsp3) is 0.632. The summed E-state index contributed by atoms with van der Waals surface area (Å²) < 4.78 is 30.4. The molecular weight excluding hydrogens is 364 g/mol. The molecule has 0 aromatic heterocycles. The van der Waals surface area contributed by atoms with Crippen molar-refractivity contribution in [1.82, 2.24) is 14.9 Å². The molecular formula is C19H34N4O3S. The van der Waals surface area contributed by atoms with Crippen LogP contribution in [0.4, 0.5) is 0 Å². The van der Waals surface area contributed by atoms with Gasteiger partial charge in [-0.25, -0.2) is 17.7 Å². The molecule has 0 heterocycles. The Bertz CT molecular complexity index is 705. The maximum Gasteiger partial charge on any atom is 0.211 e. The molecule has 8 heteroatoms. The van der Waals surface area contributed by atoms with Crippen LogP contribution in [0.25, 0.3) is 0 Å². The van der Waals surface area contributed by atoms with Gasteiger partial charge in [-0.05, 0) is 38.8 Å². The first-order valence-corrected chi connectivity index (χ1v) is 11.4. The molecule has 0 spiro atoms. The Kier molecular flexibility index (Phi) is 10.2. The highest BCUT2D eigenvalue weighted by Crippen LogP contribution is 2.21. The zero-order valence-corrected chi connectivity index (χ0v) is 18.0. The molecule has 7 nitrogen and oxygen atoms in total. The summed E-state index contributed by atoms with van der Waals surface area (Å²) in [7, 11) is -3.14. The number of hydrogen-bond donors (Lipinski definition) is 2. The Balaban J connectivity index is 2.65. The molecule has 0 radical (unpaired) electrons. The number of aryl methyl sites for hydroxylation is 1. The fourth-order valence-electron chi connectivity index (χ4n) is 2.61. The van der Waals surface area contributed by atoms with Gasteiger partial charge in [0.15, 0.2) is 5.96 Å². The number of benzene rings is 1. The van der Waals surface area contributed by atoms with Gasteiger partial charge in [-0.2, -0.15) is 0 Å². The Hall–Kier alpha value is -1.80. The monoisotopic (exact) mass is 398 g/mol.